The van der Waals surface area contributed by atoms with Crippen molar-refractivity contribution in [3.63, 3.8) is 0 Å². The average Bonchev–Trinajstić information content (AvgIpc) is 3.16. The maximum atomic E-state index is 11.3. The van der Waals surface area contributed by atoms with Crippen LogP contribution in [0.4, 0.5) is 0 Å². The van der Waals surface area contributed by atoms with Gasteiger partial charge in [-0.2, -0.15) is 0 Å². The number of fused-ring (bicyclic) bond motifs is 1. The summed E-state index contributed by atoms with van der Waals surface area (Å²) < 4.78 is 14.1. The van der Waals surface area contributed by atoms with E-state index in [-0.39, 0.29) is 22.3 Å². The van der Waals surface area contributed by atoms with E-state index in [1.807, 2.05) is 0 Å². The van der Waals surface area contributed by atoms with E-state index < -0.39 is 16.6 Å². The Balaban J connectivity index is 1.92. The number of carbonyl (C=O) groups excluding carboxylic acids is 1. The second-order valence-electron chi connectivity index (χ2n) is 16.7. The van der Waals surface area contributed by atoms with Gasteiger partial charge < -0.3 is 13.6 Å². The second kappa shape index (κ2) is 12.1. The molecule has 0 saturated heterocycles. The van der Waals surface area contributed by atoms with Crippen molar-refractivity contribution in [1.29, 1.82) is 0 Å². The molecule has 0 amide bonds. The Kier molecular flexibility index (Phi) is 10.2. The van der Waals surface area contributed by atoms with E-state index >= 15 is 0 Å². The molecule has 0 N–H and O–H groups in total. The average molecular weight is 587 g/mol. The smallest absolute Gasteiger partial charge is 0.192 e. The first-order valence-electron chi connectivity index (χ1n) is 16.1. The van der Waals surface area contributed by atoms with E-state index in [2.05, 4.69) is 100 Å². The molecule has 3 saturated carbocycles. The molecule has 3 nitrogen and oxygen atoms in total. The van der Waals surface area contributed by atoms with Gasteiger partial charge in [-0.05, 0) is 109 Å². The van der Waals surface area contributed by atoms with Crippen LogP contribution in [-0.2, 0) is 13.6 Å². The predicted octanol–water partition coefficient (Wildman–Crippen LogP) is 10.4. The van der Waals surface area contributed by atoms with Gasteiger partial charge in [-0.25, -0.2) is 0 Å². The molecule has 5 heteroatoms. The number of hydrogen-bond acceptors (Lipinski definition) is 3. The van der Waals surface area contributed by atoms with Gasteiger partial charge in [0.1, 0.15) is 6.29 Å². The number of rotatable bonds is 8. The lowest BCUT2D eigenvalue weighted by Crippen LogP contribution is -2.49. The summed E-state index contributed by atoms with van der Waals surface area (Å²) in [5.74, 6) is 1.76. The van der Waals surface area contributed by atoms with E-state index in [0.717, 1.165) is 19.1 Å². The lowest BCUT2D eigenvalue weighted by atomic mass is 9.61. The minimum Gasteiger partial charge on any atom is -0.413 e. The van der Waals surface area contributed by atoms with Gasteiger partial charge in [0.05, 0.1) is 12.2 Å². The Morgan fingerprint density at radius 3 is 2.17 bits per heavy atom. The van der Waals surface area contributed by atoms with Crippen molar-refractivity contribution in [1.82, 2.24) is 0 Å². The van der Waals surface area contributed by atoms with Gasteiger partial charge in [-0.15, -0.1) is 0 Å². The van der Waals surface area contributed by atoms with Crippen LogP contribution < -0.4 is 0 Å². The summed E-state index contributed by atoms with van der Waals surface area (Å²) >= 11 is 0. The van der Waals surface area contributed by atoms with Gasteiger partial charge in [0.2, 0.25) is 0 Å². The first-order chi connectivity index (χ1) is 18.2. The van der Waals surface area contributed by atoms with Crippen molar-refractivity contribution in [3.05, 3.63) is 35.5 Å². The molecular formula is C35H62O3Si2. The van der Waals surface area contributed by atoms with Gasteiger partial charge in [0, 0.05) is 12.8 Å². The molecule has 0 aromatic carbocycles. The summed E-state index contributed by atoms with van der Waals surface area (Å²) in [5, 5.41) is 0.328. The molecule has 3 rings (SSSR count). The number of hydrogen-bond donors (Lipinski definition) is 0. The Bertz CT molecular complexity index is 993. The molecule has 228 valence electrons. The first-order valence-corrected chi connectivity index (χ1v) is 21.9. The molecule has 0 heterocycles. The van der Waals surface area contributed by atoms with Crippen molar-refractivity contribution in [3.8, 4) is 0 Å². The highest BCUT2D eigenvalue weighted by molar-refractivity contribution is 6.74. The Morgan fingerprint density at radius 1 is 1.00 bits per heavy atom. The zero-order chi connectivity index (χ0) is 30.3. The van der Waals surface area contributed by atoms with Crippen LogP contribution in [0.15, 0.2) is 35.5 Å². The highest BCUT2D eigenvalue weighted by atomic mass is 28.4. The molecule has 0 spiro atoms. The number of aldehydes is 1. The summed E-state index contributed by atoms with van der Waals surface area (Å²) in [4.78, 5) is 11.3. The van der Waals surface area contributed by atoms with Crippen LogP contribution in [-0.4, -0.2) is 35.1 Å². The lowest BCUT2D eigenvalue weighted by molar-refractivity contribution is -0.109. The molecular weight excluding hydrogens is 525 g/mol. The van der Waals surface area contributed by atoms with Crippen LogP contribution in [0.5, 0.6) is 0 Å². The van der Waals surface area contributed by atoms with Crippen molar-refractivity contribution < 1.29 is 13.6 Å². The summed E-state index contributed by atoms with van der Waals surface area (Å²) in [6, 6.07) is 0. The number of allylic oxidation sites excluding steroid dienone is 3. The number of carbonyl (C=O) groups is 1. The van der Waals surface area contributed by atoms with Crippen molar-refractivity contribution in [2.45, 2.75) is 155 Å². The molecule has 40 heavy (non-hydrogen) atoms. The van der Waals surface area contributed by atoms with E-state index in [0.29, 0.717) is 29.6 Å². The second-order valence-corrected chi connectivity index (χ2v) is 26.3. The quantitative estimate of drug-likeness (QED) is 0.210. The molecule has 0 radical (unpaired) electrons. The third-order valence-electron chi connectivity index (χ3n) is 11.9. The van der Waals surface area contributed by atoms with Crippen LogP contribution in [0, 0.1) is 23.2 Å². The predicted molar refractivity (Wildman–Crippen MR) is 177 cm³/mol. The van der Waals surface area contributed by atoms with Crippen LogP contribution in [0.25, 0.3) is 0 Å². The molecule has 0 aromatic rings. The first kappa shape index (κ1) is 33.7. The molecule has 0 unspecified atom stereocenters. The minimum atomic E-state index is -1.97. The molecule has 3 fully saturated rings. The topological polar surface area (TPSA) is 35.5 Å². The normalized spacial score (nSPS) is 33.4. The fourth-order valence-corrected chi connectivity index (χ4v) is 9.97. The van der Waals surface area contributed by atoms with E-state index in [9.17, 15) is 4.79 Å². The lowest BCUT2D eigenvalue weighted by Gasteiger charge is -2.45. The van der Waals surface area contributed by atoms with Crippen LogP contribution in [0.2, 0.25) is 36.3 Å². The fraction of sp³-hybridized carbons (Fsp3) is 0.800. The largest absolute Gasteiger partial charge is 0.413 e. The highest BCUT2D eigenvalue weighted by Gasteiger charge is 2.50. The van der Waals surface area contributed by atoms with Gasteiger partial charge in [-0.1, -0.05) is 79.7 Å². The van der Waals surface area contributed by atoms with E-state index in [1.54, 1.807) is 5.57 Å². The Hall–Kier alpha value is -0.756. The molecule has 0 aliphatic heterocycles. The van der Waals surface area contributed by atoms with E-state index in [4.69, 9.17) is 8.85 Å². The van der Waals surface area contributed by atoms with Crippen LogP contribution in [0.1, 0.15) is 107 Å². The van der Waals surface area contributed by atoms with Gasteiger partial charge >= 0.3 is 0 Å². The Labute approximate surface area is 249 Å². The summed E-state index contributed by atoms with van der Waals surface area (Å²) in [6.45, 7) is 32.9. The van der Waals surface area contributed by atoms with Gasteiger partial charge in [-0.3, -0.25) is 0 Å². The molecule has 3 aliphatic rings. The summed E-state index contributed by atoms with van der Waals surface area (Å²) in [5.41, 5.74) is 4.42. The third kappa shape index (κ3) is 7.06. The third-order valence-corrected chi connectivity index (χ3v) is 20.9. The zero-order valence-electron chi connectivity index (χ0n) is 28.2. The summed E-state index contributed by atoms with van der Waals surface area (Å²) in [6.07, 6.45) is 14.9. The Morgan fingerprint density at radius 2 is 1.60 bits per heavy atom. The van der Waals surface area contributed by atoms with E-state index in [1.165, 1.54) is 43.3 Å². The summed E-state index contributed by atoms with van der Waals surface area (Å²) in [7, 11) is -3.89. The highest BCUT2D eigenvalue weighted by Crippen LogP contribution is 2.59. The fourth-order valence-electron chi connectivity index (χ4n) is 7.30. The molecule has 0 bridgehead atoms. The monoisotopic (exact) mass is 586 g/mol. The van der Waals surface area contributed by atoms with Crippen LogP contribution in [0.3, 0.4) is 0 Å². The van der Waals surface area contributed by atoms with Crippen molar-refractivity contribution >= 4 is 22.9 Å². The van der Waals surface area contributed by atoms with Crippen LogP contribution >= 0.6 is 0 Å². The maximum Gasteiger partial charge on any atom is 0.192 e. The standard InChI is InChI=1S/C35H62O3Si2/c1-25(20-22-36)30-18-19-31-27(15-14-21-35(30,31)9)16-17-28-23-29(37-39(10,11)33(3,4)5)24-32(26(28)2)38-40(12,13)34(6,7)8/h16-17,22,25,29-32H,2,14-15,18-21,23-24H2,1,3-13H3/b27-16+,28-17-/t25-,29-,30-,31+,32+,35-/m1/s1. The van der Waals surface area contributed by atoms with Gasteiger partial charge in [0.15, 0.2) is 16.6 Å². The van der Waals surface area contributed by atoms with Crippen molar-refractivity contribution in [2.24, 2.45) is 23.2 Å². The SMILES string of the molecule is C=C1/C(=C\C=C2/CCC[C@]3(C)[C@@H]([C@H](C)CC=O)CC[C@@H]23)C[C@@H](O[Si](C)(C)C(C)(C)C)C[C@@H]1O[Si](C)(C)C(C)(C)C. The zero-order valence-corrected chi connectivity index (χ0v) is 30.2. The maximum absolute atomic E-state index is 11.3. The molecule has 6 atom stereocenters. The van der Waals surface area contributed by atoms with Crippen molar-refractivity contribution in [2.75, 3.05) is 0 Å². The van der Waals surface area contributed by atoms with Gasteiger partial charge in [0.25, 0.3) is 0 Å². The minimum absolute atomic E-state index is 0.0192. The molecule has 0 aromatic heterocycles. The molecule has 3 aliphatic carbocycles.